The van der Waals surface area contributed by atoms with Crippen molar-refractivity contribution in [1.29, 1.82) is 5.26 Å². The summed E-state index contributed by atoms with van der Waals surface area (Å²) in [7, 11) is 1.50. The zero-order valence-electron chi connectivity index (χ0n) is 12.6. The van der Waals surface area contributed by atoms with Crippen LogP contribution in [0.1, 0.15) is 0 Å². The lowest BCUT2D eigenvalue weighted by molar-refractivity contribution is -0.112. The molecule has 1 amide bonds. The molecule has 7 heteroatoms. The number of rotatable bonds is 5. The van der Waals surface area contributed by atoms with Crippen molar-refractivity contribution in [2.45, 2.75) is 0 Å². The van der Waals surface area contributed by atoms with Gasteiger partial charge in [-0.15, -0.1) is 0 Å². The van der Waals surface area contributed by atoms with Gasteiger partial charge >= 0.3 is 0 Å². The van der Waals surface area contributed by atoms with Crippen LogP contribution in [0.25, 0.3) is 0 Å². The summed E-state index contributed by atoms with van der Waals surface area (Å²) >= 11 is 11.8. The fourth-order valence-electron chi connectivity index (χ4n) is 1.88. The maximum absolute atomic E-state index is 12.2. The number of nitrogens with zero attached hydrogens (tertiary/aromatic N) is 1. The van der Waals surface area contributed by atoms with Crippen molar-refractivity contribution in [2.24, 2.45) is 0 Å². The molecule has 0 bridgehead atoms. The highest BCUT2D eigenvalue weighted by atomic mass is 35.5. The summed E-state index contributed by atoms with van der Waals surface area (Å²) in [5, 5.41) is 15.5. The Labute approximate surface area is 149 Å². The zero-order valence-corrected chi connectivity index (χ0v) is 14.2. The van der Waals surface area contributed by atoms with Gasteiger partial charge in [-0.05, 0) is 30.3 Å². The van der Waals surface area contributed by atoms with Crippen LogP contribution in [-0.4, -0.2) is 13.0 Å². The van der Waals surface area contributed by atoms with Crippen LogP contribution in [0.4, 0.5) is 11.4 Å². The summed E-state index contributed by atoms with van der Waals surface area (Å²) in [5.41, 5.74) is 0.916. The summed E-state index contributed by atoms with van der Waals surface area (Å²) in [6.45, 7) is 0. The third kappa shape index (κ3) is 4.66. The number of hydrogen-bond acceptors (Lipinski definition) is 4. The lowest BCUT2D eigenvalue weighted by atomic mass is 10.2. The number of nitriles is 1. The Morgan fingerprint density at radius 2 is 1.88 bits per heavy atom. The molecule has 0 saturated heterocycles. The molecular weight excluding hydrogens is 349 g/mol. The molecule has 0 fully saturated rings. The number of amides is 1. The minimum absolute atomic E-state index is 0.114. The van der Waals surface area contributed by atoms with Crippen LogP contribution < -0.4 is 15.4 Å². The second kappa shape index (κ2) is 8.25. The van der Waals surface area contributed by atoms with E-state index in [9.17, 15) is 10.1 Å². The maximum atomic E-state index is 12.2. The van der Waals surface area contributed by atoms with E-state index in [4.69, 9.17) is 27.9 Å². The summed E-state index contributed by atoms with van der Waals surface area (Å²) < 4.78 is 5.15. The van der Waals surface area contributed by atoms with Crippen molar-refractivity contribution < 1.29 is 9.53 Å². The molecule has 0 radical (unpaired) electrons. The van der Waals surface area contributed by atoms with E-state index in [1.54, 1.807) is 42.5 Å². The van der Waals surface area contributed by atoms with Gasteiger partial charge in [-0.25, -0.2) is 0 Å². The van der Waals surface area contributed by atoms with Gasteiger partial charge in [0.1, 0.15) is 17.4 Å². The monoisotopic (exact) mass is 361 g/mol. The number of benzene rings is 2. The van der Waals surface area contributed by atoms with Crippen LogP contribution in [0.15, 0.2) is 54.2 Å². The minimum atomic E-state index is -0.567. The molecule has 2 rings (SSSR count). The van der Waals surface area contributed by atoms with Gasteiger partial charge in [-0.3, -0.25) is 4.79 Å². The van der Waals surface area contributed by atoms with E-state index in [-0.39, 0.29) is 5.57 Å². The number of ether oxygens (including phenoxy) is 1. The zero-order chi connectivity index (χ0) is 17.5. The summed E-state index contributed by atoms with van der Waals surface area (Å²) in [6.07, 6.45) is 1.28. The number of methoxy groups -OCH3 is 1. The SMILES string of the molecule is COc1ccccc1NC(=O)/C(C#N)=C\Nc1cc(Cl)cc(Cl)c1. The van der Waals surface area contributed by atoms with Crippen molar-refractivity contribution >= 4 is 40.5 Å². The number of nitrogens with one attached hydrogen (secondary N) is 2. The van der Waals surface area contributed by atoms with E-state index in [2.05, 4.69) is 10.6 Å². The van der Waals surface area contributed by atoms with E-state index in [1.165, 1.54) is 13.3 Å². The lowest BCUT2D eigenvalue weighted by Gasteiger charge is -2.09. The second-order valence-corrected chi connectivity index (χ2v) is 5.50. The lowest BCUT2D eigenvalue weighted by Crippen LogP contribution is -2.15. The molecule has 2 aromatic carbocycles. The molecule has 24 heavy (non-hydrogen) atoms. The van der Waals surface area contributed by atoms with E-state index >= 15 is 0 Å². The Kier molecular flexibility index (Phi) is 6.07. The van der Waals surface area contributed by atoms with Crippen LogP contribution >= 0.6 is 23.2 Å². The highest BCUT2D eigenvalue weighted by Crippen LogP contribution is 2.24. The van der Waals surface area contributed by atoms with E-state index in [0.29, 0.717) is 27.2 Å². The maximum Gasteiger partial charge on any atom is 0.267 e. The molecule has 0 saturated carbocycles. The molecular formula is C17H13Cl2N3O2. The Morgan fingerprint density at radius 1 is 1.21 bits per heavy atom. The van der Waals surface area contributed by atoms with Gasteiger partial charge < -0.3 is 15.4 Å². The highest BCUT2D eigenvalue weighted by molar-refractivity contribution is 6.35. The Morgan fingerprint density at radius 3 is 2.50 bits per heavy atom. The van der Waals surface area contributed by atoms with Gasteiger partial charge in [0.25, 0.3) is 5.91 Å². The summed E-state index contributed by atoms with van der Waals surface area (Å²) in [4.78, 5) is 12.2. The fourth-order valence-corrected chi connectivity index (χ4v) is 2.40. The summed E-state index contributed by atoms with van der Waals surface area (Å²) in [6, 6.07) is 13.6. The molecule has 0 aliphatic heterocycles. The Bertz CT molecular complexity index is 809. The predicted molar refractivity (Wildman–Crippen MR) is 95.4 cm³/mol. The van der Waals surface area contributed by atoms with Gasteiger partial charge in [-0.2, -0.15) is 5.26 Å². The number of halogens is 2. The number of hydrogen-bond donors (Lipinski definition) is 2. The van der Waals surface area contributed by atoms with Crippen molar-refractivity contribution in [1.82, 2.24) is 0 Å². The van der Waals surface area contributed by atoms with Gasteiger partial charge in [0.2, 0.25) is 0 Å². The minimum Gasteiger partial charge on any atom is -0.495 e. The predicted octanol–water partition coefficient (Wildman–Crippen LogP) is 4.46. The molecule has 0 spiro atoms. The molecule has 2 aromatic rings. The highest BCUT2D eigenvalue weighted by Gasteiger charge is 2.12. The van der Waals surface area contributed by atoms with Gasteiger partial charge in [0.15, 0.2) is 0 Å². The van der Waals surface area contributed by atoms with E-state index in [1.807, 2.05) is 6.07 Å². The molecule has 0 atom stereocenters. The quantitative estimate of drug-likeness (QED) is 0.608. The van der Waals surface area contributed by atoms with Crippen molar-refractivity contribution in [3.63, 3.8) is 0 Å². The topological polar surface area (TPSA) is 74.1 Å². The van der Waals surface area contributed by atoms with E-state index in [0.717, 1.165) is 0 Å². The molecule has 0 aliphatic rings. The van der Waals surface area contributed by atoms with Crippen LogP contribution in [0, 0.1) is 11.3 Å². The van der Waals surface area contributed by atoms with Crippen LogP contribution in [-0.2, 0) is 4.79 Å². The van der Waals surface area contributed by atoms with E-state index < -0.39 is 5.91 Å². The first kappa shape index (κ1) is 17.7. The van der Waals surface area contributed by atoms with Crippen molar-refractivity contribution in [3.8, 4) is 11.8 Å². The molecule has 0 heterocycles. The molecule has 0 aliphatic carbocycles. The average molecular weight is 362 g/mol. The third-order valence-corrected chi connectivity index (χ3v) is 3.40. The van der Waals surface area contributed by atoms with Gasteiger partial charge in [-0.1, -0.05) is 35.3 Å². The molecule has 0 unspecified atom stereocenters. The van der Waals surface area contributed by atoms with Gasteiger partial charge in [0.05, 0.1) is 12.8 Å². The standard InChI is InChI=1S/C17H13Cl2N3O2/c1-24-16-5-3-2-4-15(16)22-17(23)11(9-20)10-21-14-7-12(18)6-13(19)8-14/h2-8,10,21H,1H3,(H,22,23)/b11-10-. The normalized spacial score (nSPS) is 10.7. The molecule has 122 valence electrons. The van der Waals surface area contributed by atoms with Crippen LogP contribution in [0.2, 0.25) is 10.0 Å². The molecule has 0 aromatic heterocycles. The number of carbonyl (C=O) groups is 1. The summed E-state index contributed by atoms with van der Waals surface area (Å²) in [5.74, 6) is -0.0691. The first-order valence-electron chi connectivity index (χ1n) is 6.80. The van der Waals surface area contributed by atoms with Crippen LogP contribution in [0.5, 0.6) is 5.75 Å². The first-order chi connectivity index (χ1) is 11.5. The van der Waals surface area contributed by atoms with Crippen molar-refractivity contribution in [3.05, 3.63) is 64.3 Å². The second-order valence-electron chi connectivity index (χ2n) is 4.63. The first-order valence-corrected chi connectivity index (χ1v) is 7.56. The Hall–Kier alpha value is -2.68. The largest absolute Gasteiger partial charge is 0.495 e. The molecule has 5 nitrogen and oxygen atoms in total. The number of carbonyl (C=O) groups excluding carboxylic acids is 1. The average Bonchev–Trinajstić information content (AvgIpc) is 2.55. The smallest absolute Gasteiger partial charge is 0.267 e. The third-order valence-electron chi connectivity index (χ3n) is 2.97. The number of para-hydroxylation sites is 2. The van der Waals surface area contributed by atoms with Crippen LogP contribution in [0.3, 0.4) is 0 Å². The van der Waals surface area contributed by atoms with Crippen molar-refractivity contribution in [2.75, 3.05) is 17.7 Å². The molecule has 2 N–H and O–H groups in total. The fraction of sp³-hybridized carbons (Fsp3) is 0.0588. The van der Waals surface area contributed by atoms with Gasteiger partial charge in [0, 0.05) is 21.9 Å². The number of anilines is 2. The Balaban J connectivity index is 2.15.